The van der Waals surface area contributed by atoms with Crippen molar-refractivity contribution in [3.8, 4) is 0 Å². The average molecular weight is 1510 g/mol. The van der Waals surface area contributed by atoms with Crippen molar-refractivity contribution >= 4 is 113 Å². The van der Waals surface area contributed by atoms with Crippen LogP contribution in [0.25, 0.3) is 84.2 Å². The molecule has 15 rings (SSSR count). The van der Waals surface area contributed by atoms with Crippen molar-refractivity contribution in [2.75, 3.05) is 125 Å². The van der Waals surface area contributed by atoms with Gasteiger partial charge in [0.25, 0.3) is 0 Å². The van der Waals surface area contributed by atoms with Crippen LogP contribution in [-0.2, 0) is 9.47 Å². The molecule has 0 saturated heterocycles. The molecule has 0 saturated carbocycles. The van der Waals surface area contributed by atoms with Crippen molar-refractivity contribution in [2.45, 2.75) is 38.5 Å². The summed E-state index contributed by atoms with van der Waals surface area (Å²) in [4.78, 5) is 65.2. The third kappa shape index (κ3) is 19.8. The summed E-state index contributed by atoms with van der Waals surface area (Å²) in [7, 11) is 0. The van der Waals surface area contributed by atoms with E-state index in [2.05, 4.69) is 30.0 Å². The number of ketones is 5. The van der Waals surface area contributed by atoms with Crippen molar-refractivity contribution in [1.82, 2.24) is 4.90 Å². The monoisotopic (exact) mass is 1510 g/mol. The third-order valence-corrected chi connectivity index (χ3v) is 20.1. The highest BCUT2D eigenvalue weighted by molar-refractivity contribution is 6.26. The molecule has 0 radical (unpaired) electrons. The van der Waals surface area contributed by atoms with E-state index in [-0.39, 0.29) is 93.4 Å². The first-order valence-electron chi connectivity index (χ1n) is 37.0. The van der Waals surface area contributed by atoms with Crippen molar-refractivity contribution in [3.63, 3.8) is 0 Å². The summed E-state index contributed by atoms with van der Waals surface area (Å²) in [5.74, 6) is 0.400. The summed E-state index contributed by atoms with van der Waals surface area (Å²) >= 11 is 0. The van der Waals surface area contributed by atoms with Crippen LogP contribution in [0.5, 0.6) is 0 Å². The second-order valence-electron chi connectivity index (χ2n) is 27.3. The van der Waals surface area contributed by atoms with Crippen LogP contribution in [0, 0.1) is 0 Å². The highest BCUT2D eigenvalue weighted by Crippen LogP contribution is 2.38. The summed E-state index contributed by atoms with van der Waals surface area (Å²) in [5.41, 5.74) is 22.3. The molecule has 109 heavy (non-hydrogen) atoms. The fourth-order valence-corrected chi connectivity index (χ4v) is 15.0. The molecule has 5 aliphatic rings. The Morgan fingerprint density at radius 2 is 0.661 bits per heavy atom. The lowest BCUT2D eigenvalue weighted by atomic mass is 9.86. The number of hydrogen-bond donors (Lipinski definition) is 8. The Morgan fingerprint density at radius 3 is 1.01 bits per heavy atom. The van der Waals surface area contributed by atoms with E-state index in [1.54, 1.807) is 0 Å². The summed E-state index contributed by atoms with van der Waals surface area (Å²) < 4.78 is 11.2. The number of rotatable bonds is 29. The van der Waals surface area contributed by atoms with Gasteiger partial charge in [-0.3, -0.25) is 28.9 Å². The van der Waals surface area contributed by atoms with Crippen LogP contribution in [0.2, 0.25) is 0 Å². The lowest BCUT2D eigenvalue weighted by Crippen LogP contribution is -3.00. The molecule has 0 heterocycles. The number of unbranched alkanes of at least 4 members (excludes halogenated alkanes) is 2. The SMILES string of the molecule is NCCCCC1=Cc2cccc3cccc(c23)C1=O.O=C1C(CCCCO)=Cc2cccc3cccc1c23.O=C1C(CN(CCO)CCO)=Cc2cccc3cccc1c23.O=C1C(C[N+](CCO)(CCO)CCO)=Cc2cccc3cccc1c23.[Cl-].[Cl-].[NH3+]CCOCCOCC1=Cc2cccc3cccc(c23)C1=O. The van der Waals surface area contributed by atoms with E-state index in [4.69, 9.17) is 30.5 Å². The van der Waals surface area contributed by atoms with Gasteiger partial charge in [-0.05, 0) is 130 Å². The molecule has 17 nitrogen and oxygen atoms in total. The van der Waals surface area contributed by atoms with Gasteiger partial charge < -0.3 is 80.9 Å². The summed E-state index contributed by atoms with van der Waals surface area (Å²) in [6.45, 7) is 6.29. The van der Waals surface area contributed by atoms with E-state index in [0.717, 1.165) is 160 Å². The molecule has 568 valence electrons. The van der Waals surface area contributed by atoms with Crippen LogP contribution in [-0.4, -0.2) is 194 Å². The summed E-state index contributed by atoms with van der Waals surface area (Å²) in [5, 5.41) is 66.1. The van der Waals surface area contributed by atoms with Crippen LogP contribution in [0.3, 0.4) is 0 Å². The first-order valence-corrected chi connectivity index (χ1v) is 37.0. The summed E-state index contributed by atoms with van der Waals surface area (Å²) in [6, 6.07) is 59.6. The van der Waals surface area contributed by atoms with Crippen molar-refractivity contribution in [3.05, 3.63) is 265 Å². The fraction of sp³-hybridized carbons (Fsp3) is 0.278. The normalized spacial score (nSPS) is 13.5. The Morgan fingerprint density at radius 1 is 0.349 bits per heavy atom. The Bertz CT molecular complexity index is 4910. The highest BCUT2D eigenvalue weighted by atomic mass is 35.5. The number of hydrogen-bond acceptors (Lipinski definition) is 15. The van der Waals surface area contributed by atoms with Crippen LogP contribution in [0.15, 0.2) is 210 Å². The number of aliphatic hydroxyl groups excluding tert-OH is 6. The Hall–Kier alpha value is -9.35. The maximum absolute atomic E-state index is 13.0. The zero-order valence-corrected chi connectivity index (χ0v) is 62.9. The number of aliphatic hydroxyl groups is 6. The number of quaternary nitrogens is 2. The zero-order chi connectivity index (χ0) is 75.2. The van der Waals surface area contributed by atoms with Gasteiger partial charge in [0.2, 0.25) is 0 Å². The molecule has 11 N–H and O–H groups in total. The van der Waals surface area contributed by atoms with Crippen molar-refractivity contribution < 1.29 is 99.1 Å². The number of Topliss-reactive ketones (excluding diaryl/α,β-unsaturated/α-hetero) is 5. The van der Waals surface area contributed by atoms with E-state index >= 15 is 0 Å². The van der Waals surface area contributed by atoms with Gasteiger partial charge in [0, 0.05) is 103 Å². The number of nitrogens with zero attached hydrogens (tertiary/aromatic N) is 2. The van der Waals surface area contributed by atoms with E-state index in [1.807, 2.05) is 193 Å². The minimum Gasteiger partial charge on any atom is -1.00 e. The molecule has 19 heteroatoms. The lowest BCUT2D eigenvalue weighted by molar-refractivity contribution is -0.924. The average Bonchev–Trinajstić information content (AvgIpc) is 0.789. The molecule has 10 aromatic carbocycles. The van der Waals surface area contributed by atoms with Gasteiger partial charge in [0.15, 0.2) is 28.9 Å². The maximum atomic E-state index is 13.0. The molecular weight excluding hydrogens is 1420 g/mol. The first kappa shape index (κ1) is 83.7. The van der Waals surface area contributed by atoms with E-state index in [1.165, 1.54) is 0 Å². The number of carbonyl (C=O) groups is 5. The molecule has 0 fully saturated rings. The minimum absolute atomic E-state index is 0. The summed E-state index contributed by atoms with van der Waals surface area (Å²) in [6.07, 6.45) is 14.9. The van der Waals surface area contributed by atoms with E-state index < -0.39 is 0 Å². The molecule has 0 aromatic heterocycles. The topological polar surface area (TPSA) is 282 Å². The van der Waals surface area contributed by atoms with Gasteiger partial charge in [-0.2, -0.15) is 0 Å². The Labute approximate surface area is 648 Å². The molecule has 0 spiro atoms. The number of nitrogens with two attached hydrogens (primary N) is 1. The second kappa shape index (κ2) is 40.9. The third-order valence-electron chi connectivity index (χ3n) is 20.1. The standard InChI is InChI=1S/C20H24NO4.2C18H19NO3.C17H17NO.C17H16O2.2ClH/c22-10-7-21(8-11-23,9-12-24)14-17-13-16-5-1-3-15-4-2-6-18(19(15)16)20(17)25;20-9-7-19(8-10-21)12-15-11-14-5-1-3-13-4-2-6-16(17(13)14)18(15)22;19-7-8-21-9-10-22-12-15-11-14-5-1-3-13-4-2-6-16(17(13)14)18(15)20;2*18-10-2-1-5-14-11-13-8-3-6-12-7-4-9-15(16(12)13)17(14)19;;/h1-6,13,22-24H,7-12,14H2;1-6,11,20-21H,7-10,12H2;1-6,11H,7-10,12,19H2;3-4,6-9,11H,1-2,5,10,18H2;3-4,6-9,11,18H,1-2,5,10H2;2*1H/q+1;;;;;;/p-1. The number of ether oxygens (including phenoxy) is 2. The lowest BCUT2D eigenvalue weighted by Gasteiger charge is -2.38. The first-order chi connectivity index (χ1) is 52.3. The quantitative estimate of drug-likeness (QED) is 0.0205. The Kier molecular flexibility index (Phi) is 31.4. The predicted molar refractivity (Wildman–Crippen MR) is 426 cm³/mol. The highest BCUT2D eigenvalue weighted by Gasteiger charge is 2.33. The van der Waals surface area contributed by atoms with E-state index in [9.17, 15) is 39.3 Å². The number of carbonyl (C=O) groups excluding carboxylic acids is 5. The number of benzene rings is 10. The molecule has 0 unspecified atom stereocenters. The predicted octanol–water partition coefficient (Wildman–Crippen LogP) is 5.75. The number of allylic oxidation sites excluding steroid dienone is 2. The van der Waals surface area contributed by atoms with Crippen molar-refractivity contribution in [1.29, 1.82) is 0 Å². The molecule has 10 aromatic rings. The largest absolute Gasteiger partial charge is 1.00 e. The molecular formula is C90H96Cl2N4O13. The van der Waals surface area contributed by atoms with Crippen molar-refractivity contribution in [2.24, 2.45) is 5.73 Å². The minimum atomic E-state index is -0.0619. The maximum Gasteiger partial charge on any atom is 0.195 e. The van der Waals surface area contributed by atoms with Crippen LogP contribution < -0.4 is 36.3 Å². The van der Waals surface area contributed by atoms with Gasteiger partial charge in [0.05, 0.1) is 71.6 Å². The van der Waals surface area contributed by atoms with Gasteiger partial charge >= 0.3 is 0 Å². The van der Waals surface area contributed by atoms with Gasteiger partial charge in [-0.25, -0.2) is 0 Å². The van der Waals surface area contributed by atoms with Gasteiger partial charge in [0.1, 0.15) is 26.2 Å². The van der Waals surface area contributed by atoms with E-state index in [0.29, 0.717) is 106 Å². The second-order valence-corrected chi connectivity index (χ2v) is 27.3. The molecule has 0 atom stereocenters. The number of halogens is 2. The smallest absolute Gasteiger partial charge is 0.195 e. The molecule has 0 aliphatic heterocycles. The van der Waals surface area contributed by atoms with Gasteiger partial charge in [-0.15, -0.1) is 0 Å². The van der Waals surface area contributed by atoms with Gasteiger partial charge in [-0.1, -0.05) is 182 Å². The van der Waals surface area contributed by atoms with Crippen LogP contribution in [0.4, 0.5) is 0 Å². The fourth-order valence-electron chi connectivity index (χ4n) is 15.0. The molecule has 0 bridgehead atoms. The zero-order valence-electron chi connectivity index (χ0n) is 61.4. The van der Waals surface area contributed by atoms with Crippen LogP contribution >= 0.6 is 0 Å². The Balaban J connectivity index is 0.000000157. The molecule has 0 amide bonds. The molecule has 5 aliphatic carbocycles. The van der Waals surface area contributed by atoms with Crippen LogP contribution in [0.1, 0.15) is 118 Å².